The highest BCUT2D eigenvalue weighted by molar-refractivity contribution is 7.99. The van der Waals surface area contributed by atoms with E-state index in [9.17, 15) is 4.79 Å². The van der Waals surface area contributed by atoms with E-state index in [4.69, 9.17) is 4.74 Å². The molecule has 0 spiro atoms. The zero-order valence-electron chi connectivity index (χ0n) is 20.5. The molecule has 2 N–H and O–H groups in total. The maximum absolute atomic E-state index is 12.5. The van der Waals surface area contributed by atoms with Crippen molar-refractivity contribution in [3.05, 3.63) is 77.2 Å². The summed E-state index contributed by atoms with van der Waals surface area (Å²) in [6.07, 6.45) is 6.40. The van der Waals surface area contributed by atoms with E-state index < -0.39 is 0 Å². The molecule has 37 heavy (non-hydrogen) atoms. The number of aryl methyl sites for hydroxylation is 2. The first-order valence-corrected chi connectivity index (χ1v) is 13.3. The number of carbonyl (C=O) groups is 1. The van der Waals surface area contributed by atoms with E-state index in [1.165, 1.54) is 23.7 Å². The molecular formula is C27H24N6O2S2. The lowest BCUT2D eigenvalue weighted by molar-refractivity contribution is -0.111. The number of imidazole rings is 1. The van der Waals surface area contributed by atoms with E-state index in [-0.39, 0.29) is 5.91 Å². The molecule has 5 rings (SSSR count). The predicted molar refractivity (Wildman–Crippen MR) is 148 cm³/mol. The van der Waals surface area contributed by atoms with Gasteiger partial charge in [-0.25, -0.2) is 19.9 Å². The van der Waals surface area contributed by atoms with Gasteiger partial charge >= 0.3 is 0 Å². The number of hydrogen-bond acceptors (Lipinski definition) is 8. The van der Waals surface area contributed by atoms with Gasteiger partial charge in [-0.05, 0) is 67.8 Å². The van der Waals surface area contributed by atoms with E-state index in [1.807, 2.05) is 36.6 Å². The number of carbonyl (C=O) groups excluding carboxylic acids is 1. The summed E-state index contributed by atoms with van der Waals surface area (Å²) in [7, 11) is 0. The summed E-state index contributed by atoms with van der Waals surface area (Å²) in [6, 6.07) is 11.8. The largest absolute Gasteiger partial charge is 0.494 e. The summed E-state index contributed by atoms with van der Waals surface area (Å²) in [5.41, 5.74) is 6.43. The van der Waals surface area contributed by atoms with Gasteiger partial charge in [-0.15, -0.1) is 11.3 Å². The van der Waals surface area contributed by atoms with Gasteiger partial charge in [0.2, 0.25) is 5.91 Å². The fraction of sp³-hybridized carbons (Fsp3) is 0.148. The molecule has 10 heteroatoms. The molecule has 186 valence electrons. The summed E-state index contributed by atoms with van der Waals surface area (Å²) in [6.45, 7) is 6.66. The first-order chi connectivity index (χ1) is 18.0. The second-order valence-corrected chi connectivity index (χ2v) is 10.1. The molecule has 0 atom stereocenters. The second-order valence-electron chi connectivity index (χ2n) is 8.18. The maximum atomic E-state index is 12.5. The Balaban J connectivity index is 1.29. The molecule has 0 aliphatic rings. The van der Waals surface area contributed by atoms with E-state index >= 15 is 0 Å². The Kier molecular flexibility index (Phi) is 7.29. The van der Waals surface area contributed by atoms with Crippen LogP contribution in [0.15, 0.2) is 70.4 Å². The quantitative estimate of drug-likeness (QED) is 0.180. The Morgan fingerprint density at radius 2 is 2.00 bits per heavy atom. The molecule has 1 amide bonds. The Bertz CT molecular complexity index is 1580. The molecule has 0 saturated carbocycles. The Morgan fingerprint density at radius 3 is 2.81 bits per heavy atom. The molecule has 0 bridgehead atoms. The summed E-state index contributed by atoms with van der Waals surface area (Å²) < 4.78 is 5.51. The standard InChI is InChI=1S/C27H24N6O2S2/c1-4-35-19-7-5-6-18(12-19)8-9-22(34)33-27-32-21(13-36-27)23-16(2)10-20(11-17(23)3)37-26-24-25(29-14-28-24)30-15-31-26/h5-15H,4H2,1-3H3,(H,32,33,34)(H,28,29,30,31)/b9-8+. The maximum Gasteiger partial charge on any atom is 0.250 e. The van der Waals surface area contributed by atoms with Crippen molar-refractivity contribution in [2.45, 2.75) is 30.7 Å². The van der Waals surface area contributed by atoms with Gasteiger partial charge < -0.3 is 9.72 Å². The average Bonchev–Trinajstić information content (AvgIpc) is 3.53. The first-order valence-electron chi connectivity index (χ1n) is 11.6. The van der Waals surface area contributed by atoms with Gasteiger partial charge in [-0.2, -0.15) is 0 Å². The second kappa shape index (κ2) is 10.9. The van der Waals surface area contributed by atoms with Crippen LogP contribution in [0.3, 0.4) is 0 Å². The van der Waals surface area contributed by atoms with Crippen LogP contribution in [-0.4, -0.2) is 37.4 Å². The van der Waals surface area contributed by atoms with Crippen molar-refractivity contribution in [2.75, 3.05) is 11.9 Å². The number of fused-ring (bicyclic) bond motifs is 1. The van der Waals surface area contributed by atoms with Gasteiger partial charge in [0.25, 0.3) is 0 Å². The fourth-order valence-corrected chi connectivity index (χ4v) is 5.71. The highest BCUT2D eigenvalue weighted by Crippen LogP contribution is 2.36. The van der Waals surface area contributed by atoms with Crippen molar-refractivity contribution >= 4 is 51.4 Å². The van der Waals surface area contributed by atoms with Gasteiger partial charge in [0, 0.05) is 21.9 Å². The SMILES string of the molecule is CCOc1cccc(/C=C/C(=O)Nc2nc(-c3c(C)cc(Sc4ncnc5nc[nH]c45)cc3C)cs2)c1. The number of anilines is 1. The number of thiazole rings is 1. The minimum atomic E-state index is -0.238. The third-order valence-corrected chi connectivity index (χ3v) is 7.23. The number of hydrogen-bond donors (Lipinski definition) is 2. The highest BCUT2D eigenvalue weighted by atomic mass is 32.2. The van der Waals surface area contributed by atoms with E-state index in [0.29, 0.717) is 17.4 Å². The number of nitrogens with zero attached hydrogens (tertiary/aromatic N) is 4. The number of benzene rings is 2. The molecule has 3 aromatic heterocycles. The van der Waals surface area contributed by atoms with Crippen LogP contribution >= 0.6 is 23.1 Å². The molecule has 3 heterocycles. The zero-order chi connectivity index (χ0) is 25.8. The number of aromatic nitrogens is 5. The van der Waals surface area contributed by atoms with Crippen molar-refractivity contribution in [2.24, 2.45) is 0 Å². The molecule has 0 fully saturated rings. The van der Waals surface area contributed by atoms with Gasteiger partial charge in [0.1, 0.15) is 22.6 Å². The third kappa shape index (κ3) is 5.71. The molecule has 2 aromatic carbocycles. The molecule has 0 radical (unpaired) electrons. The van der Waals surface area contributed by atoms with Crippen LogP contribution < -0.4 is 10.1 Å². The summed E-state index contributed by atoms with van der Waals surface area (Å²) in [5, 5.41) is 6.20. The van der Waals surface area contributed by atoms with Crippen LogP contribution in [0.5, 0.6) is 5.75 Å². The lowest BCUT2D eigenvalue weighted by Crippen LogP contribution is -2.07. The van der Waals surface area contributed by atoms with E-state index in [2.05, 4.69) is 56.2 Å². The highest BCUT2D eigenvalue weighted by Gasteiger charge is 2.14. The van der Waals surface area contributed by atoms with Gasteiger partial charge in [0.05, 0.1) is 18.6 Å². The monoisotopic (exact) mass is 528 g/mol. The average molecular weight is 529 g/mol. The normalized spacial score (nSPS) is 11.3. The van der Waals surface area contributed by atoms with Gasteiger partial charge in [0.15, 0.2) is 10.8 Å². The van der Waals surface area contributed by atoms with E-state index in [0.717, 1.165) is 49.1 Å². The third-order valence-electron chi connectivity index (χ3n) is 5.50. The van der Waals surface area contributed by atoms with Crippen molar-refractivity contribution in [3.63, 3.8) is 0 Å². The summed E-state index contributed by atoms with van der Waals surface area (Å²) >= 11 is 2.96. The topological polar surface area (TPSA) is 106 Å². The van der Waals surface area contributed by atoms with Crippen LogP contribution in [0.4, 0.5) is 5.13 Å². The van der Waals surface area contributed by atoms with Crippen LogP contribution in [0.25, 0.3) is 28.5 Å². The molecule has 8 nitrogen and oxygen atoms in total. The molecule has 0 unspecified atom stereocenters. The lowest BCUT2D eigenvalue weighted by atomic mass is 10.0. The number of ether oxygens (including phenoxy) is 1. The lowest BCUT2D eigenvalue weighted by Gasteiger charge is -2.11. The van der Waals surface area contributed by atoms with Crippen molar-refractivity contribution in [3.8, 4) is 17.0 Å². The van der Waals surface area contributed by atoms with E-state index in [1.54, 1.807) is 24.2 Å². The van der Waals surface area contributed by atoms with Crippen LogP contribution in [-0.2, 0) is 4.79 Å². The van der Waals surface area contributed by atoms with Crippen molar-refractivity contribution < 1.29 is 9.53 Å². The predicted octanol–water partition coefficient (Wildman–Crippen LogP) is 6.30. The summed E-state index contributed by atoms with van der Waals surface area (Å²) in [5.74, 6) is 0.536. The van der Waals surface area contributed by atoms with Crippen LogP contribution in [0.2, 0.25) is 0 Å². The zero-order valence-corrected chi connectivity index (χ0v) is 22.1. The minimum Gasteiger partial charge on any atom is -0.494 e. The Labute approximate surface area is 222 Å². The van der Waals surface area contributed by atoms with Gasteiger partial charge in [-0.1, -0.05) is 23.9 Å². The number of amides is 1. The number of rotatable bonds is 8. The van der Waals surface area contributed by atoms with Crippen LogP contribution in [0, 0.1) is 13.8 Å². The van der Waals surface area contributed by atoms with Gasteiger partial charge in [-0.3, -0.25) is 10.1 Å². The molecule has 5 aromatic rings. The number of H-pyrrole nitrogens is 1. The molecular weight excluding hydrogens is 504 g/mol. The molecule has 0 aliphatic heterocycles. The number of aromatic amines is 1. The Hall–Kier alpha value is -4.02. The summed E-state index contributed by atoms with van der Waals surface area (Å²) in [4.78, 5) is 34.1. The minimum absolute atomic E-state index is 0.238. The molecule has 0 aliphatic carbocycles. The smallest absolute Gasteiger partial charge is 0.250 e. The first kappa shape index (κ1) is 24.7. The molecule has 0 saturated heterocycles. The Morgan fingerprint density at radius 1 is 1.16 bits per heavy atom. The van der Waals surface area contributed by atoms with Crippen molar-refractivity contribution in [1.82, 2.24) is 24.9 Å². The fourth-order valence-electron chi connectivity index (χ4n) is 3.96. The van der Waals surface area contributed by atoms with Crippen molar-refractivity contribution in [1.29, 1.82) is 0 Å². The van der Waals surface area contributed by atoms with Crippen LogP contribution in [0.1, 0.15) is 23.6 Å². The number of nitrogens with one attached hydrogen (secondary N) is 2.